The normalized spacial score (nSPS) is 24.3. The number of carbonyl (C=O) groups excluding carboxylic acids is 1. The van der Waals surface area contributed by atoms with Crippen LogP contribution in [0.1, 0.15) is 42.6 Å². The van der Waals surface area contributed by atoms with E-state index in [2.05, 4.69) is 6.92 Å². The van der Waals surface area contributed by atoms with E-state index in [1.807, 2.05) is 6.92 Å². The van der Waals surface area contributed by atoms with Crippen molar-refractivity contribution in [3.05, 3.63) is 35.1 Å². The molecule has 0 aliphatic heterocycles. The number of carbonyl (C=O) groups is 1. The summed E-state index contributed by atoms with van der Waals surface area (Å²) in [6.07, 6.45) is 2.62. The topological polar surface area (TPSA) is 17.1 Å². The maximum Gasteiger partial charge on any atom is 0.169 e. The summed E-state index contributed by atoms with van der Waals surface area (Å²) in [4.78, 5) is 12.1. The molecule has 2 rings (SSSR count). The lowest BCUT2D eigenvalue weighted by Gasteiger charge is -2.20. The van der Waals surface area contributed by atoms with Gasteiger partial charge in [0.1, 0.15) is 5.82 Å². The Bertz CT molecular complexity index is 411. The molecule has 1 aliphatic rings. The van der Waals surface area contributed by atoms with Crippen LogP contribution < -0.4 is 0 Å². The largest absolute Gasteiger partial charge is 0.294 e. The number of halogens is 1. The predicted molar refractivity (Wildman–Crippen MR) is 57.4 cm³/mol. The highest BCUT2D eigenvalue weighted by Gasteiger charge is 2.40. The molecular weight excluding hydrogens is 191 g/mol. The first kappa shape index (κ1) is 10.3. The number of ketones is 1. The van der Waals surface area contributed by atoms with Gasteiger partial charge in [0.15, 0.2) is 5.78 Å². The van der Waals surface area contributed by atoms with Crippen molar-refractivity contribution < 1.29 is 9.18 Å². The molecule has 80 valence electrons. The van der Waals surface area contributed by atoms with Gasteiger partial charge >= 0.3 is 0 Å². The van der Waals surface area contributed by atoms with Crippen LogP contribution in [-0.4, -0.2) is 5.78 Å². The van der Waals surface area contributed by atoms with E-state index in [1.54, 1.807) is 6.07 Å². The molecule has 2 heteroatoms. The van der Waals surface area contributed by atoms with Crippen molar-refractivity contribution in [3.8, 4) is 0 Å². The molecule has 0 aromatic heterocycles. The monoisotopic (exact) mass is 206 g/mol. The Balaban J connectivity index is 2.41. The van der Waals surface area contributed by atoms with E-state index in [9.17, 15) is 9.18 Å². The third-order valence-electron chi connectivity index (χ3n) is 3.25. The van der Waals surface area contributed by atoms with Gasteiger partial charge in [-0.25, -0.2) is 4.39 Å². The first-order valence-electron chi connectivity index (χ1n) is 5.40. The van der Waals surface area contributed by atoms with E-state index in [-0.39, 0.29) is 17.0 Å². The molecule has 0 N–H and O–H groups in total. The van der Waals surface area contributed by atoms with Crippen molar-refractivity contribution in [3.63, 3.8) is 0 Å². The first-order valence-corrected chi connectivity index (χ1v) is 5.40. The molecule has 1 atom stereocenters. The highest BCUT2D eigenvalue weighted by Crippen LogP contribution is 2.40. The highest BCUT2D eigenvalue weighted by atomic mass is 19.1. The van der Waals surface area contributed by atoms with E-state index in [0.717, 1.165) is 24.8 Å². The van der Waals surface area contributed by atoms with Crippen molar-refractivity contribution in [2.75, 3.05) is 0 Å². The standard InChI is InChI=1S/C13H15FO/c1-3-6-13(2)8-9-4-5-10(14)7-11(9)12(13)15/h4-5,7H,3,6,8H2,1-2H3. The van der Waals surface area contributed by atoms with Crippen molar-refractivity contribution >= 4 is 5.78 Å². The van der Waals surface area contributed by atoms with Gasteiger partial charge < -0.3 is 0 Å². The summed E-state index contributed by atoms with van der Waals surface area (Å²) >= 11 is 0. The van der Waals surface area contributed by atoms with Crippen molar-refractivity contribution in [1.82, 2.24) is 0 Å². The van der Waals surface area contributed by atoms with Gasteiger partial charge in [0.25, 0.3) is 0 Å². The Morgan fingerprint density at radius 1 is 1.47 bits per heavy atom. The zero-order chi connectivity index (χ0) is 11.1. The Hall–Kier alpha value is -1.18. The van der Waals surface area contributed by atoms with Crippen molar-refractivity contribution in [1.29, 1.82) is 0 Å². The van der Waals surface area contributed by atoms with E-state index < -0.39 is 0 Å². The van der Waals surface area contributed by atoms with Crippen LogP contribution in [0.15, 0.2) is 18.2 Å². The van der Waals surface area contributed by atoms with E-state index in [0.29, 0.717) is 5.56 Å². The Kier molecular flexibility index (Phi) is 2.37. The number of hydrogen-bond acceptors (Lipinski definition) is 1. The lowest BCUT2D eigenvalue weighted by Crippen LogP contribution is -2.23. The minimum absolute atomic E-state index is 0.110. The molecule has 1 unspecified atom stereocenters. The summed E-state index contributed by atoms with van der Waals surface area (Å²) in [5.74, 6) is -0.207. The lowest BCUT2D eigenvalue weighted by atomic mass is 9.82. The molecule has 0 saturated heterocycles. The second-order valence-electron chi connectivity index (χ2n) is 4.62. The van der Waals surface area contributed by atoms with Crippen molar-refractivity contribution in [2.45, 2.75) is 33.1 Å². The van der Waals surface area contributed by atoms with Gasteiger partial charge in [0.05, 0.1) is 0 Å². The van der Waals surface area contributed by atoms with Crippen LogP contribution in [0.4, 0.5) is 4.39 Å². The molecule has 1 aliphatic carbocycles. The quantitative estimate of drug-likeness (QED) is 0.725. The van der Waals surface area contributed by atoms with E-state index in [1.165, 1.54) is 12.1 Å². The maximum absolute atomic E-state index is 13.0. The van der Waals surface area contributed by atoms with E-state index in [4.69, 9.17) is 0 Å². The number of Topliss-reactive ketones (excluding diaryl/α,β-unsaturated/α-hetero) is 1. The zero-order valence-electron chi connectivity index (χ0n) is 9.14. The SMILES string of the molecule is CCCC1(C)Cc2ccc(F)cc2C1=O. The van der Waals surface area contributed by atoms with Gasteiger partial charge in [0.2, 0.25) is 0 Å². The molecule has 1 aromatic carbocycles. The molecule has 0 bridgehead atoms. The maximum atomic E-state index is 13.0. The minimum Gasteiger partial charge on any atom is -0.294 e. The average Bonchev–Trinajstić information content (AvgIpc) is 2.42. The zero-order valence-corrected chi connectivity index (χ0v) is 9.14. The Labute approximate surface area is 89.3 Å². The molecular formula is C13H15FO. The number of benzene rings is 1. The first-order chi connectivity index (χ1) is 7.07. The van der Waals surface area contributed by atoms with Crippen LogP contribution in [0.2, 0.25) is 0 Å². The lowest BCUT2D eigenvalue weighted by molar-refractivity contribution is 0.0829. The van der Waals surface area contributed by atoms with Crippen LogP contribution in [-0.2, 0) is 6.42 Å². The van der Waals surface area contributed by atoms with Crippen LogP contribution >= 0.6 is 0 Å². The molecule has 15 heavy (non-hydrogen) atoms. The summed E-state index contributed by atoms with van der Waals surface area (Å²) in [7, 11) is 0. The summed E-state index contributed by atoms with van der Waals surface area (Å²) < 4.78 is 13.0. The molecule has 0 saturated carbocycles. The second-order valence-corrected chi connectivity index (χ2v) is 4.62. The van der Waals surface area contributed by atoms with Gasteiger partial charge in [-0.3, -0.25) is 4.79 Å². The molecule has 1 aromatic rings. The third-order valence-corrected chi connectivity index (χ3v) is 3.25. The van der Waals surface area contributed by atoms with Crippen LogP contribution in [0.3, 0.4) is 0 Å². The second kappa shape index (κ2) is 3.44. The van der Waals surface area contributed by atoms with E-state index >= 15 is 0 Å². The molecule has 0 heterocycles. The fourth-order valence-corrected chi connectivity index (χ4v) is 2.49. The van der Waals surface area contributed by atoms with Gasteiger partial charge in [0, 0.05) is 11.0 Å². The molecule has 0 radical (unpaired) electrons. The highest BCUT2D eigenvalue weighted by molar-refractivity contribution is 6.04. The fourth-order valence-electron chi connectivity index (χ4n) is 2.49. The molecule has 0 spiro atoms. The number of fused-ring (bicyclic) bond motifs is 1. The molecule has 0 fully saturated rings. The summed E-state index contributed by atoms with van der Waals surface area (Å²) in [6, 6.07) is 4.55. The third kappa shape index (κ3) is 1.58. The molecule has 1 nitrogen and oxygen atoms in total. The van der Waals surface area contributed by atoms with Gasteiger partial charge in [-0.2, -0.15) is 0 Å². The fraction of sp³-hybridized carbons (Fsp3) is 0.462. The summed E-state index contributed by atoms with van der Waals surface area (Å²) in [6.45, 7) is 4.05. The smallest absolute Gasteiger partial charge is 0.169 e. The minimum atomic E-state index is -0.317. The number of hydrogen-bond donors (Lipinski definition) is 0. The predicted octanol–water partition coefficient (Wildman–Crippen LogP) is 3.37. The average molecular weight is 206 g/mol. The van der Waals surface area contributed by atoms with Gasteiger partial charge in [-0.1, -0.05) is 26.3 Å². The van der Waals surface area contributed by atoms with Gasteiger partial charge in [-0.05, 0) is 30.5 Å². The molecule has 0 amide bonds. The van der Waals surface area contributed by atoms with Crippen LogP contribution in [0.5, 0.6) is 0 Å². The summed E-state index contributed by atoms with van der Waals surface area (Å²) in [5.41, 5.74) is 1.29. The van der Waals surface area contributed by atoms with Crippen molar-refractivity contribution in [2.24, 2.45) is 5.41 Å². The van der Waals surface area contributed by atoms with Crippen LogP contribution in [0, 0.1) is 11.2 Å². The summed E-state index contributed by atoms with van der Waals surface area (Å²) in [5, 5.41) is 0. The Morgan fingerprint density at radius 3 is 2.87 bits per heavy atom. The Morgan fingerprint density at radius 2 is 2.20 bits per heavy atom. The van der Waals surface area contributed by atoms with Gasteiger partial charge in [-0.15, -0.1) is 0 Å². The van der Waals surface area contributed by atoms with Crippen LogP contribution in [0.25, 0.3) is 0 Å². The number of rotatable bonds is 2.